The van der Waals surface area contributed by atoms with Gasteiger partial charge in [-0.25, -0.2) is 0 Å². The first-order valence-corrected chi connectivity index (χ1v) is 6.70. The Morgan fingerprint density at radius 1 is 1.16 bits per heavy atom. The minimum Gasteiger partial charge on any atom is -0.493 e. The Labute approximate surface area is 114 Å². The van der Waals surface area contributed by atoms with Crippen molar-refractivity contribution >= 4 is 0 Å². The van der Waals surface area contributed by atoms with Crippen molar-refractivity contribution in [3.05, 3.63) is 59.9 Å². The molecule has 2 rings (SSSR count). The molecule has 0 aliphatic heterocycles. The van der Waals surface area contributed by atoms with Crippen molar-refractivity contribution in [3.8, 4) is 5.75 Å². The monoisotopic (exact) mass is 256 g/mol. The largest absolute Gasteiger partial charge is 0.493 e. The molecule has 0 saturated heterocycles. The summed E-state index contributed by atoms with van der Waals surface area (Å²) in [6.07, 6.45) is 4.55. The maximum absolute atomic E-state index is 5.87. The Bertz CT molecular complexity index is 485. The lowest BCUT2D eigenvalue weighted by Crippen LogP contribution is -2.13. The highest BCUT2D eigenvalue weighted by atomic mass is 16.5. The average molecular weight is 256 g/mol. The quantitative estimate of drug-likeness (QED) is 0.827. The van der Waals surface area contributed by atoms with Crippen molar-refractivity contribution in [2.45, 2.75) is 19.9 Å². The van der Waals surface area contributed by atoms with Gasteiger partial charge in [0.25, 0.3) is 0 Å². The molecule has 0 atom stereocenters. The molecule has 1 aromatic carbocycles. The van der Waals surface area contributed by atoms with Gasteiger partial charge in [0, 0.05) is 30.9 Å². The van der Waals surface area contributed by atoms with Gasteiger partial charge in [-0.05, 0) is 24.2 Å². The lowest BCUT2D eigenvalue weighted by atomic mass is 10.2. The first-order chi connectivity index (χ1) is 9.40. The van der Waals surface area contributed by atoms with Gasteiger partial charge in [-0.1, -0.05) is 31.2 Å². The van der Waals surface area contributed by atoms with Crippen LogP contribution in [0.3, 0.4) is 0 Å². The van der Waals surface area contributed by atoms with Gasteiger partial charge in [-0.3, -0.25) is 4.98 Å². The molecule has 0 radical (unpaired) electrons. The topological polar surface area (TPSA) is 34.1 Å². The van der Waals surface area contributed by atoms with Gasteiger partial charge in [0.05, 0.1) is 6.61 Å². The van der Waals surface area contributed by atoms with Crippen LogP contribution in [-0.4, -0.2) is 18.1 Å². The minimum absolute atomic E-state index is 0.675. The van der Waals surface area contributed by atoms with E-state index in [1.54, 1.807) is 6.20 Å². The lowest BCUT2D eigenvalue weighted by molar-refractivity contribution is 0.317. The third-order valence-electron chi connectivity index (χ3n) is 2.91. The highest BCUT2D eigenvalue weighted by molar-refractivity contribution is 5.33. The third-order valence-corrected chi connectivity index (χ3v) is 2.91. The third kappa shape index (κ3) is 4.38. The smallest absolute Gasteiger partial charge is 0.123 e. The van der Waals surface area contributed by atoms with Crippen LogP contribution in [0.5, 0.6) is 5.75 Å². The molecule has 0 aliphatic rings. The maximum atomic E-state index is 5.87. The van der Waals surface area contributed by atoms with Crippen LogP contribution in [0.25, 0.3) is 0 Å². The van der Waals surface area contributed by atoms with E-state index in [9.17, 15) is 0 Å². The van der Waals surface area contributed by atoms with Crippen LogP contribution in [0.2, 0.25) is 0 Å². The number of hydrogen-bond donors (Lipinski definition) is 1. The SMILES string of the molecule is CCNCc1ccccc1OCCc1cccnc1. The number of nitrogens with zero attached hydrogens (tertiary/aromatic N) is 1. The van der Waals surface area contributed by atoms with E-state index in [4.69, 9.17) is 4.74 Å². The van der Waals surface area contributed by atoms with Gasteiger partial charge < -0.3 is 10.1 Å². The standard InChI is InChI=1S/C16H20N2O/c1-2-17-13-15-7-3-4-8-16(15)19-11-9-14-6-5-10-18-12-14/h3-8,10,12,17H,2,9,11,13H2,1H3. The van der Waals surface area contributed by atoms with Gasteiger partial charge in [0.1, 0.15) is 5.75 Å². The van der Waals surface area contributed by atoms with Crippen LogP contribution in [0, 0.1) is 0 Å². The number of nitrogens with one attached hydrogen (secondary N) is 1. The zero-order chi connectivity index (χ0) is 13.3. The van der Waals surface area contributed by atoms with Crippen LogP contribution < -0.4 is 10.1 Å². The van der Waals surface area contributed by atoms with Crippen LogP contribution >= 0.6 is 0 Å². The summed E-state index contributed by atoms with van der Waals surface area (Å²) in [4.78, 5) is 4.10. The molecule has 100 valence electrons. The molecule has 3 heteroatoms. The Kier molecular flexibility index (Phi) is 5.38. The van der Waals surface area contributed by atoms with Crippen LogP contribution in [0.15, 0.2) is 48.8 Å². The van der Waals surface area contributed by atoms with Crippen LogP contribution in [0.4, 0.5) is 0 Å². The first kappa shape index (κ1) is 13.6. The summed E-state index contributed by atoms with van der Waals surface area (Å²) in [5, 5.41) is 3.32. The van der Waals surface area contributed by atoms with Gasteiger partial charge >= 0.3 is 0 Å². The van der Waals surface area contributed by atoms with E-state index in [1.807, 2.05) is 30.5 Å². The molecular formula is C16H20N2O. The average Bonchev–Trinajstić information content (AvgIpc) is 2.47. The minimum atomic E-state index is 0.675. The second-order valence-corrected chi connectivity index (χ2v) is 4.35. The van der Waals surface area contributed by atoms with Crippen molar-refractivity contribution in [1.82, 2.24) is 10.3 Å². The number of ether oxygens (including phenoxy) is 1. The number of para-hydroxylation sites is 1. The zero-order valence-corrected chi connectivity index (χ0v) is 11.3. The van der Waals surface area contributed by atoms with Gasteiger partial charge in [0.2, 0.25) is 0 Å². The number of hydrogen-bond acceptors (Lipinski definition) is 3. The lowest BCUT2D eigenvalue weighted by Gasteiger charge is -2.11. The van der Waals surface area contributed by atoms with E-state index < -0.39 is 0 Å². The molecule has 19 heavy (non-hydrogen) atoms. The number of pyridine rings is 1. The van der Waals surface area contributed by atoms with Gasteiger partial charge in [-0.2, -0.15) is 0 Å². The molecule has 1 heterocycles. The van der Waals surface area contributed by atoms with E-state index in [1.165, 1.54) is 11.1 Å². The summed E-state index contributed by atoms with van der Waals surface area (Å²) < 4.78 is 5.87. The fourth-order valence-corrected chi connectivity index (χ4v) is 1.88. The molecule has 0 amide bonds. The molecule has 0 bridgehead atoms. The first-order valence-electron chi connectivity index (χ1n) is 6.70. The Balaban J connectivity index is 1.88. The Morgan fingerprint density at radius 2 is 2.05 bits per heavy atom. The number of aromatic nitrogens is 1. The highest BCUT2D eigenvalue weighted by Crippen LogP contribution is 2.17. The molecule has 0 saturated carbocycles. The summed E-state index contributed by atoms with van der Waals surface area (Å²) in [6.45, 7) is 4.59. The van der Waals surface area contributed by atoms with E-state index >= 15 is 0 Å². The van der Waals surface area contributed by atoms with Crippen LogP contribution in [0.1, 0.15) is 18.1 Å². The zero-order valence-electron chi connectivity index (χ0n) is 11.3. The second kappa shape index (κ2) is 7.54. The molecule has 0 unspecified atom stereocenters. The van der Waals surface area contributed by atoms with Crippen molar-refractivity contribution in [2.24, 2.45) is 0 Å². The number of benzene rings is 1. The van der Waals surface area contributed by atoms with E-state index in [0.29, 0.717) is 6.61 Å². The van der Waals surface area contributed by atoms with Crippen molar-refractivity contribution in [3.63, 3.8) is 0 Å². The fourth-order valence-electron chi connectivity index (χ4n) is 1.88. The normalized spacial score (nSPS) is 10.4. The molecule has 2 aromatic rings. The van der Waals surface area contributed by atoms with Gasteiger partial charge in [-0.15, -0.1) is 0 Å². The predicted octanol–water partition coefficient (Wildman–Crippen LogP) is 2.81. The van der Waals surface area contributed by atoms with Crippen molar-refractivity contribution < 1.29 is 4.74 Å². The van der Waals surface area contributed by atoms with E-state index in [2.05, 4.69) is 29.4 Å². The Morgan fingerprint density at radius 3 is 2.84 bits per heavy atom. The number of rotatable bonds is 7. The Hall–Kier alpha value is -1.87. The van der Waals surface area contributed by atoms with Crippen LogP contribution in [-0.2, 0) is 13.0 Å². The second-order valence-electron chi connectivity index (χ2n) is 4.35. The fraction of sp³-hybridized carbons (Fsp3) is 0.312. The predicted molar refractivity (Wildman–Crippen MR) is 77.3 cm³/mol. The summed E-state index contributed by atoms with van der Waals surface area (Å²) in [6, 6.07) is 12.2. The molecule has 0 fully saturated rings. The molecule has 1 aromatic heterocycles. The molecule has 3 nitrogen and oxygen atoms in total. The summed E-state index contributed by atoms with van der Waals surface area (Å²) in [5.74, 6) is 0.965. The highest BCUT2D eigenvalue weighted by Gasteiger charge is 2.02. The van der Waals surface area contributed by atoms with E-state index in [-0.39, 0.29) is 0 Å². The molecular weight excluding hydrogens is 236 g/mol. The molecule has 0 spiro atoms. The van der Waals surface area contributed by atoms with Crippen molar-refractivity contribution in [1.29, 1.82) is 0 Å². The summed E-state index contributed by atoms with van der Waals surface area (Å²) in [5.41, 5.74) is 2.40. The van der Waals surface area contributed by atoms with Crippen molar-refractivity contribution in [2.75, 3.05) is 13.2 Å². The van der Waals surface area contributed by atoms with E-state index in [0.717, 1.165) is 25.3 Å². The maximum Gasteiger partial charge on any atom is 0.123 e. The van der Waals surface area contributed by atoms with Gasteiger partial charge in [0.15, 0.2) is 0 Å². The summed E-state index contributed by atoms with van der Waals surface area (Å²) in [7, 11) is 0. The molecule has 0 aliphatic carbocycles. The molecule has 1 N–H and O–H groups in total. The summed E-state index contributed by atoms with van der Waals surface area (Å²) >= 11 is 0.